The van der Waals surface area contributed by atoms with Gasteiger partial charge in [-0.15, -0.1) is 0 Å². The second-order valence-corrected chi connectivity index (χ2v) is 9.22. The fraction of sp³-hybridized carbons (Fsp3) is 0.905. The van der Waals surface area contributed by atoms with Crippen molar-refractivity contribution in [3.05, 3.63) is 11.6 Å². The van der Waals surface area contributed by atoms with Gasteiger partial charge in [-0.05, 0) is 85.9 Å². The zero-order valence-corrected chi connectivity index (χ0v) is 14.7. The van der Waals surface area contributed by atoms with Crippen molar-refractivity contribution in [2.45, 2.75) is 78.2 Å². The minimum absolute atomic E-state index is 0.163. The van der Waals surface area contributed by atoms with Crippen LogP contribution in [-0.4, -0.2) is 11.2 Å². The largest absolute Gasteiger partial charge is 0.389 e. The lowest BCUT2D eigenvalue weighted by molar-refractivity contribution is -0.0407. The molecule has 22 heavy (non-hydrogen) atoms. The molecule has 1 nitrogen and oxygen atoms in total. The van der Waals surface area contributed by atoms with Gasteiger partial charge in [-0.3, -0.25) is 0 Å². The van der Waals surface area contributed by atoms with Crippen molar-refractivity contribution >= 4 is 0 Å². The van der Waals surface area contributed by atoms with Gasteiger partial charge in [0.2, 0.25) is 0 Å². The number of rotatable bonds is 1. The fourth-order valence-corrected chi connectivity index (χ4v) is 7.41. The Balaban J connectivity index is 1.65. The Morgan fingerprint density at radius 2 is 2.00 bits per heavy atom. The van der Waals surface area contributed by atoms with Crippen LogP contribution in [0.2, 0.25) is 0 Å². The summed E-state index contributed by atoms with van der Waals surface area (Å²) in [5, 5.41) is 10.1. The summed E-state index contributed by atoms with van der Waals surface area (Å²) < 4.78 is 0. The lowest BCUT2D eigenvalue weighted by Crippen LogP contribution is -2.49. The second-order valence-electron chi connectivity index (χ2n) is 9.22. The molecule has 4 rings (SSSR count). The van der Waals surface area contributed by atoms with Gasteiger partial charge in [0.1, 0.15) is 0 Å². The van der Waals surface area contributed by atoms with Gasteiger partial charge in [0, 0.05) is 0 Å². The predicted octanol–water partition coefficient (Wildman–Crippen LogP) is 5.19. The molecule has 0 heterocycles. The summed E-state index contributed by atoms with van der Waals surface area (Å²) in [6, 6.07) is 0. The molecule has 0 aromatic rings. The molecule has 1 N–H and O–H groups in total. The van der Waals surface area contributed by atoms with Crippen molar-refractivity contribution < 1.29 is 5.11 Å². The van der Waals surface area contributed by atoms with Crippen molar-refractivity contribution in [2.75, 3.05) is 0 Å². The summed E-state index contributed by atoms with van der Waals surface area (Å²) in [4.78, 5) is 0. The van der Waals surface area contributed by atoms with E-state index in [4.69, 9.17) is 0 Å². The third-order valence-electron chi connectivity index (χ3n) is 8.44. The lowest BCUT2D eigenvalue weighted by Gasteiger charge is -2.57. The maximum atomic E-state index is 10.1. The fourth-order valence-electron chi connectivity index (χ4n) is 7.41. The molecule has 0 aliphatic heterocycles. The van der Waals surface area contributed by atoms with Crippen molar-refractivity contribution in [3.63, 3.8) is 0 Å². The van der Waals surface area contributed by atoms with Gasteiger partial charge < -0.3 is 5.11 Å². The number of hydrogen-bond donors (Lipinski definition) is 1. The van der Waals surface area contributed by atoms with Crippen molar-refractivity contribution in [1.82, 2.24) is 0 Å². The van der Waals surface area contributed by atoms with Crippen LogP contribution in [0.4, 0.5) is 0 Å². The molecule has 0 saturated heterocycles. The Morgan fingerprint density at radius 3 is 2.77 bits per heavy atom. The zero-order chi connectivity index (χ0) is 15.5. The smallest absolute Gasteiger partial charge is 0.0724 e. The van der Waals surface area contributed by atoms with Crippen LogP contribution in [0.3, 0.4) is 0 Å². The van der Waals surface area contributed by atoms with E-state index in [0.29, 0.717) is 5.41 Å². The summed E-state index contributed by atoms with van der Waals surface area (Å²) in [5.74, 6) is 5.85. The number of aliphatic hydroxyl groups excluding tert-OH is 1. The van der Waals surface area contributed by atoms with Gasteiger partial charge in [0.05, 0.1) is 6.10 Å². The molecule has 0 spiro atoms. The van der Waals surface area contributed by atoms with Crippen molar-refractivity contribution in [3.8, 4) is 0 Å². The molecule has 3 fully saturated rings. The molecule has 0 bridgehead atoms. The number of aliphatic hydroxyl groups is 1. The van der Waals surface area contributed by atoms with E-state index in [9.17, 15) is 5.11 Å². The van der Waals surface area contributed by atoms with Gasteiger partial charge in [0.25, 0.3) is 0 Å². The van der Waals surface area contributed by atoms with Gasteiger partial charge >= 0.3 is 0 Å². The van der Waals surface area contributed by atoms with E-state index < -0.39 is 0 Å². The van der Waals surface area contributed by atoms with Gasteiger partial charge in [-0.1, -0.05) is 38.8 Å². The maximum absolute atomic E-state index is 10.1. The summed E-state index contributed by atoms with van der Waals surface area (Å²) in [6.07, 6.45) is 12.8. The van der Waals surface area contributed by atoms with Crippen LogP contribution >= 0.6 is 0 Å². The maximum Gasteiger partial charge on any atom is 0.0724 e. The second kappa shape index (κ2) is 5.36. The highest BCUT2D eigenvalue weighted by Gasteiger charge is 2.55. The van der Waals surface area contributed by atoms with Crippen molar-refractivity contribution in [2.24, 2.45) is 40.9 Å². The lowest BCUT2D eigenvalue weighted by atomic mass is 9.48. The molecule has 5 unspecified atom stereocenters. The standard InChI is InChI=1S/C21H34O/c1-4-14-5-7-18-17-8-6-15-12-16(22)9-10-21(15,3)19(17)11-13(2)20(14)18/h12-14,16-20,22H,4-11H2,1-3H3/t13-,14+,16?,17?,18?,19?,20?,21+/m1/s1. The third kappa shape index (κ3) is 2.07. The van der Waals surface area contributed by atoms with E-state index in [-0.39, 0.29) is 6.10 Å². The van der Waals surface area contributed by atoms with Crippen LogP contribution in [-0.2, 0) is 0 Å². The van der Waals surface area contributed by atoms with Crippen LogP contribution in [0.5, 0.6) is 0 Å². The SMILES string of the molecule is CC[C@H]1CCC2C3CCC4=CC(O)CC[C@]4(C)C3C[C@@H](C)C21. The molecule has 4 aliphatic rings. The Kier molecular flexibility index (Phi) is 3.72. The number of allylic oxidation sites excluding steroid dienone is 1. The first kappa shape index (κ1) is 15.2. The van der Waals surface area contributed by atoms with Crippen LogP contribution in [0.1, 0.15) is 72.1 Å². The van der Waals surface area contributed by atoms with Gasteiger partial charge in [0.15, 0.2) is 0 Å². The van der Waals surface area contributed by atoms with E-state index in [1.165, 1.54) is 44.9 Å². The summed E-state index contributed by atoms with van der Waals surface area (Å²) in [7, 11) is 0. The topological polar surface area (TPSA) is 20.2 Å². The Hall–Kier alpha value is -0.300. The molecule has 0 radical (unpaired) electrons. The first-order valence-electron chi connectivity index (χ1n) is 9.93. The Labute approximate surface area is 136 Å². The number of hydrogen-bond acceptors (Lipinski definition) is 1. The molecule has 124 valence electrons. The summed E-state index contributed by atoms with van der Waals surface area (Å²) in [5.41, 5.74) is 2.02. The quantitative estimate of drug-likeness (QED) is 0.661. The minimum atomic E-state index is -0.163. The molecule has 8 atom stereocenters. The first-order valence-corrected chi connectivity index (χ1v) is 9.93. The summed E-state index contributed by atoms with van der Waals surface area (Å²) >= 11 is 0. The highest BCUT2D eigenvalue weighted by atomic mass is 16.3. The van der Waals surface area contributed by atoms with E-state index >= 15 is 0 Å². The molecular weight excluding hydrogens is 268 g/mol. The average Bonchev–Trinajstić information content (AvgIpc) is 2.94. The van der Waals surface area contributed by atoms with E-state index in [0.717, 1.165) is 41.9 Å². The molecule has 3 saturated carbocycles. The third-order valence-corrected chi connectivity index (χ3v) is 8.44. The van der Waals surface area contributed by atoms with E-state index in [1.807, 2.05) is 0 Å². The van der Waals surface area contributed by atoms with Gasteiger partial charge in [-0.2, -0.15) is 0 Å². The normalized spacial score (nSPS) is 54.2. The first-order chi connectivity index (χ1) is 10.5. The van der Waals surface area contributed by atoms with Crippen LogP contribution in [0, 0.1) is 40.9 Å². The molecule has 1 heteroatoms. The van der Waals surface area contributed by atoms with E-state index in [1.54, 1.807) is 5.57 Å². The average molecular weight is 303 g/mol. The minimum Gasteiger partial charge on any atom is -0.389 e. The molecular formula is C21H34O. The molecule has 0 aromatic heterocycles. The van der Waals surface area contributed by atoms with Crippen LogP contribution in [0.25, 0.3) is 0 Å². The van der Waals surface area contributed by atoms with Gasteiger partial charge in [-0.25, -0.2) is 0 Å². The highest BCUT2D eigenvalue weighted by molar-refractivity contribution is 5.25. The summed E-state index contributed by atoms with van der Waals surface area (Å²) in [6.45, 7) is 7.51. The van der Waals surface area contributed by atoms with E-state index in [2.05, 4.69) is 26.8 Å². The van der Waals surface area contributed by atoms with Crippen LogP contribution < -0.4 is 0 Å². The molecule has 0 amide bonds. The zero-order valence-electron chi connectivity index (χ0n) is 14.7. The predicted molar refractivity (Wildman–Crippen MR) is 91.4 cm³/mol. The van der Waals surface area contributed by atoms with Crippen LogP contribution in [0.15, 0.2) is 11.6 Å². The molecule has 4 aliphatic carbocycles. The monoisotopic (exact) mass is 302 g/mol. The molecule has 0 aromatic carbocycles. The van der Waals surface area contributed by atoms with Crippen molar-refractivity contribution in [1.29, 1.82) is 0 Å². The Morgan fingerprint density at radius 1 is 1.18 bits per heavy atom. The number of fused-ring (bicyclic) bond motifs is 5. The highest BCUT2D eigenvalue weighted by Crippen LogP contribution is 2.64. The Bertz CT molecular complexity index is 467.